The minimum absolute atomic E-state index is 0.122. The maximum atomic E-state index is 13.5. The number of ether oxygens (including phenoxy) is 1. The van der Waals surface area contributed by atoms with Gasteiger partial charge in [0.1, 0.15) is 11.6 Å². The molecule has 2 aromatic carbocycles. The van der Waals surface area contributed by atoms with Gasteiger partial charge in [0, 0.05) is 10.0 Å². The van der Waals surface area contributed by atoms with Crippen molar-refractivity contribution in [2.24, 2.45) is 0 Å². The number of para-hydroxylation sites is 1. The molecule has 0 bridgehead atoms. The summed E-state index contributed by atoms with van der Waals surface area (Å²) in [6.07, 6.45) is 0. The van der Waals surface area contributed by atoms with Gasteiger partial charge in [0.05, 0.1) is 13.2 Å². The predicted molar refractivity (Wildman–Crippen MR) is 78.0 cm³/mol. The first-order valence-corrected chi connectivity index (χ1v) is 6.71. The molecule has 0 aromatic heterocycles. The molecule has 0 fully saturated rings. The lowest BCUT2D eigenvalue weighted by atomic mass is 9.98. The Kier molecular flexibility index (Phi) is 4.56. The van der Waals surface area contributed by atoms with Gasteiger partial charge in [-0.2, -0.15) is 0 Å². The van der Waals surface area contributed by atoms with E-state index in [0.29, 0.717) is 0 Å². The van der Waals surface area contributed by atoms with Crippen LogP contribution in [0.4, 0.5) is 4.39 Å². The zero-order valence-corrected chi connectivity index (χ0v) is 12.4. The van der Waals surface area contributed by atoms with Gasteiger partial charge in [-0.05, 0) is 36.9 Å². The molecule has 0 aliphatic carbocycles. The van der Waals surface area contributed by atoms with Gasteiger partial charge >= 0.3 is 0 Å². The normalized spacial score (nSPS) is 12.2. The Morgan fingerprint density at radius 2 is 1.95 bits per heavy atom. The van der Waals surface area contributed by atoms with Crippen LogP contribution in [0.25, 0.3) is 0 Å². The number of rotatable bonds is 4. The first kappa shape index (κ1) is 14.0. The average Bonchev–Trinajstić information content (AvgIpc) is 2.39. The minimum Gasteiger partial charge on any atom is -0.496 e. The highest BCUT2D eigenvalue weighted by Gasteiger charge is 2.17. The standard InChI is InChI=1S/C15H15BrFNO/c1-18-15(10-7-11(16)9-12(17)8-10)13-5-3-4-6-14(13)19-2/h3-9,15,18H,1-2H3. The second kappa shape index (κ2) is 6.17. The van der Waals surface area contributed by atoms with Gasteiger partial charge in [0.15, 0.2) is 0 Å². The number of methoxy groups -OCH3 is 1. The quantitative estimate of drug-likeness (QED) is 0.921. The Labute approximate surface area is 120 Å². The Bertz CT molecular complexity index is 554. The van der Waals surface area contributed by atoms with E-state index in [1.807, 2.05) is 37.4 Å². The topological polar surface area (TPSA) is 21.3 Å². The number of hydrogen-bond donors (Lipinski definition) is 1. The van der Waals surface area contributed by atoms with Crippen molar-refractivity contribution in [3.05, 3.63) is 63.9 Å². The molecule has 2 nitrogen and oxygen atoms in total. The fourth-order valence-electron chi connectivity index (χ4n) is 2.15. The Morgan fingerprint density at radius 3 is 2.58 bits per heavy atom. The lowest BCUT2D eigenvalue weighted by molar-refractivity contribution is 0.405. The lowest BCUT2D eigenvalue weighted by Gasteiger charge is -2.20. The molecule has 0 radical (unpaired) electrons. The smallest absolute Gasteiger partial charge is 0.124 e. The fraction of sp³-hybridized carbons (Fsp3) is 0.200. The second-order valence-electron chi connectivity index (χ2n) is 4.17. The van der Waals surface area contributed by atoms with E-state index in [4.69, 9.17) is 4.74 Å². The summed E-state index contributed by atoms with van der Waals surface area (Å²) in [7, 11) is 3.48. The van der Waals surface area contributed by atoms with E-state index in [9.17, 15) is 4.39 Å². The molecule has 0 saturated heterocycles. The van der Waals surface area contributed by atoms with Gasteiger partial charge < -0.3 is 10.1 Å². The van der Waals surface area contributed by atoms with E-state index in [-0.39, 0.29) is 11.9 Å². The largest absolute Gasteiger partial charge is 0.496 e. The summed E-state index contributed by atoms with van der Waals surface area (Å²) in [4.78, 5) is 0. The zero-order valence-electron chi connectivity index (χ0n) is 10.8. The molecule has 19 heavy (non-hydrogen) atoms. The first-order valence-electron chi connectivity index (χ1n) is 5.92. The van der Waals surface area contributed by atoms with Crippen LogP contribution in [0.1, 0.15) is 17.2 Å². The Balaban J connectivity index is 2.49. The molecular weight excluding hydrogens is 309 g/mol. The van der Waals surface area contributed by atoms with Crippen LogP contribution < -0.4 is 10.1 Å². The molecule has 0 aliphatic heterocycles. The summed E-state index contributed by atoms with van der Waals surface area (Å²) in [5.41, 5.74) is 1.82. The predicted octanol–water partition coefficient (Wildman–Crippen LogP) is 3.91. The number of nitrogens with one attached hydrogen (secondary N) is 1. The van der Waals surface area contributed by atoms with Crippen molar-refractivity contribution in [3.8, 4) is 5.75 Å². The van der Waals surface area contributed by atoms with E-state index in [0.717, 1.165) is 21.3 Å². The van der Waals surface area contributed by atoms with Gasteiger partial charge in [0.25, 0.3) is 0 Å². The van der Waals surface area contributed by atoms with Gasteiger partial charge in [-0.3, -0.25) is 0 Å². The fourth-order valence-corrected chi connectivity index (χ4v) is 2.63. The van der Waals surface area contributed by atoms with E-state index in [1.165, 1.54) is 12.1 Å². The third kappa shape index (κ3) is 3.14. The van der Waals surface area contributed by atoms with Crippen LogP contribution in [0.2, 0.25) is 0 Å². The minimum atomic E-state index is -0.264. The number of hydrogen-bond acceptors (Lipinski definition) is 2. The third-order valence-electron chi connectivity index (χ3n) is 2.96. The number of benzene rings is 2. The molecule has 100 valence electrons. The molecule has 0 saturated carbocycles. The van der Waals surface area contributed by atoms with E-state index >= 15 is 0 Å². The van der Waals surface area contributed by atoms with E-state index < -0.39 is 0 Å². The highest BCUT2D eigenvalue weighted by Crippen LogP contribution is 2.31. The summed E-state index contributed by atoms with van der Waals surface area (Å²) in [6.45, 7) is 0. The van der Waals surface area contributed by atoms with E-state index in [2.05, 4.69) is 21.2 Å². The summed E-state index contributed by atoms with van der Waals surface area (Å²) in [5, 5.41) is 3.20. The SMILES string of the molecule is CNC(c1cc(F)cc(Br)c1)c1ccccc1OC. The molecule has 0 aliphatic rings. The summed E-state index contributed by atoms with van der Waals surface area (Å²) in [6, 6.07) is 12.5. The molecule has 4 heteroatoms. The molecular formula is C15H15BrFNO. The van der Waals surface area contributed by atoms with Crippen molar-refractivity contribution in [2.75, 3.05) is 14.2 Å². The highest BCUT2D eigenvalue weighted by atomic mass is 79.9. The van der Waals surface area contributed by atoms with Crippen molar-refractivity contribution in [1.29, 1.82) is 0 Å². The molecule has 0 spiro atoms. The molecule has 1 atom stereocenters. The Morgan fingerprint density at radius 1 is 1.21 bits per heavy atom. The van der Waals surface area contributed by atoms with Crippen molar-refractivity contribution in [3.63, 3.8) is 0 Å². The summed E-state index contributed by atoms with van der Waals surface area (Å²) >= 11 is 3.32. The van der Waals surface area contributed by atoms with Crippen molar-refractivity contribution in [2.45, 2.75) is 6.04 Å². The molecule has 0 amide bonds. The average molecular weight is 324 g/mol. The molecule has 2 aromatic rings. The molecule has 1 unspecified atom stereocenters. The second-order valence-corrected chi connectivity index (χ2v) is 5.08. The Hall–Kier alpha value is -1.39. The summed E-state index contributed by atoms with van der Waals surface area (Å²) in [5.74, 6) is 0.516. The van der Waals surface area contributed by atoms with Crippen molar-refractivity contribution in [1.82, 2.24) is 5.32 Å². The van der Waals surface area contributed by atoms with Gasteiger partial charge in [0.2, 0.25) is 0 Å². The molecule has 1 N–H and O–H groups in total. The van der Waals surface area contributed by atoms with Gasteiger partial charge in [-0.1, -0.05) is 34.1 Å². The molecule has 2 rings (SSSR count). The van der Waals surface area contributed by atoms with Crippen molar-refractivity contribution < 1.29 is 9.13 Å². The van der Waals surface area contributed by atoms with E-state index in [1.54, 1.807) is 7.11 Å². The highest BCUT2D eigenvalue weighted by molar-refractivity contribution is 9.10. The van der Waals surface area contributed by atoms with Crippen molar-refractivity contribution >= 4 is 15.9 Å². The van der Waals surface area contributed by atoms with Crippen LogP contribution in [-0.4, -0.2) is 14.2 Å². The van der Waals surface area contributed by atoms with Crippen LogP contribution in [-0.2, 0) is 0 Å². The maximum Gasteiger partial charge on any atom is 0.124 e. The first-order chi connectivity index (χ1) is 9.15. The van der Waals surface area contributed by atoms with Crippen LogP contribution in [0.3, 0.4) is 0 Å². The zero-order chi connectivity index (χ0) is 13.8. The molecule has 0 heterocycles. The van der Waals surface area contributed by atoms with Crippen LogP contribution in [0.15, 0.2) is 46.9 Å². The van der Waals surface area contributed by atoms with Gasteiger partial charge in [-0.25, -0.2) is 4.39 Å². The lowest BCUT2D eigenvalue weighted by Crippen LogP contribution is -2.18. The van der Waals surface area contributed by atoms with Gasteiger partial charge in [-0.15, -0.1) is 0 Å². The number of halogens is 2. The van der Waals surface area contributed by atoms with Crippen LogP contribution in [0, 0.1) is 5.82 Å². The van der Waals surface area contributed by atoms with Crippen LogP contribution >= 0.6 is 15.9 Å². The summed E-state index contributed by atoms with van der Waals surface area (Å²) < 4.78 is 19.6. The maximum absolute atomic E-state index is 13.5. The monoisotopic (exact) mass is 323 g/mol. The van der Waals surface area contributed by atoms with Crippen LogP contribution in [0.5, 0.6) is 5.75 Å². The third-order valence-corrected chi connectivity index (χ3v) is 3.41.